The minimum atomic E-state index is 0. The fourth-order valence-corrected chi connectivity index (χ4v) is 3.38. The smallest absolute Gasteiger partial charge is 0.195 e. The topological polar surface area (TPSA) is 58.1 Å². The summed E-state index contributed by atoms with van der Waals surface area (Å²) in [5, 5.41) is 6.73. The summed E-state index contributed by atoms with van der Waals surface area (Å²) in [6, 6.07) is 5.91. The van der Waals surface area contributed by atoms with Gasteiger partial charge in [-0.1, -0.05) is 6.92 Å². The van der Waals surface area contributed by atoms with Gasteiger partial charge in [-0.05, 0) is 37.4 Å². The number of ether oxygens (including phenoxy) is 2. The number of halogens is 1. The van der Waals surface area contributed by atoms with Gasteiger partial charge in [0.25, 0.3) is 0 Å². The number of anilines is 1. The molecule has 0 radical (unpaired) electrons. The van der Waals surface area contributed by atoms with E-state index < -0.39 is 0 Å². The number of fused-ring (bicyclic) bond motifs is 1. The summed E-state index contributed by atoms with van der Waals surface area (Å²) < 4.78 is 11.4. The number of rotatable bonds is 4. The van der Waals surface area contributed by atoms with Gasteiger partial charge in [-0.25, -0.2) is 0 Å². The summed E-state index contributed by atoms with van der Waals surface area (Å²) >= 11 is 0. The molecule has 3 rings (SSSR count). The minimum Gasteiger partial charge on any atom is -0.490 e. The second kappa shape index (κ2) is 10.8. The van der Waals surface area contributed by atoms with Crippen LogP contribution in [-0.4, -0.2) is 57.3 Å². The molecular weight excluding hydrogens is 443 g/mol. The van der Waals surface area contributed by atoms with E-state index in [4.69, 9.17) is 9.47 Å². The van der Waals surface area contributed by atoms with Gasteiger partial charge in [0.2, 0.25) is 0 Å². The lowest BCUT2D eigenvalue weighted by molar-refractivity contribution is 0.187. The fourth-order valence-electron chi connectivity index (χ4n) is 3.38. The lowest BCUT2D eigenvalue weighted by Crippen LogP contribution is -2.41. The van der Waals surface area contributed by atoms with Crippen molar-refractivity contribution in [2.75, 3.05) is 51.8 Å². The highest BCUT2D eigenvalue weighted by Gasteiger charge is 2.16. The Morgan fingerprint density at radius 2 is 2.04 bits per heavy atom. The predicted molar refractivity (Wildman–Crippen MR) is 117 cm³/mol. The van der Waals surface area contributed by atoms with Gasteiger partial charge in [0.1, 0.15) is 0 Å². The van der Waals surface area contributed by atoms with Gasteiger partial charge in [-0.2, -0.15) is 0 Å². The highest BCUT2D eigenvalue weighted by Crippen LogP contribution is 2.32. The maximum absolute atomic E-state index is 5.74. The molecule has 0 aliphatic carbocycles. The normalized spacial score (nSPS) is 20.7. The third kappa shape index (κ3) is 6.19. The van der Waals surface area contributed by atoms with Crippen molar-refractivity contribution in [2.45, 2.75) is 26.2 Å². The van der Waals surface area contributed by atoms with Gasteiger partial charge < -0.3 is 25.0 Å². The van der Waals surface area contributed by atoms with Crippen LogP contribution in [0.2, 0.25) is 0 Å². The molecule has 2 N–H and O–H groups in total. The third-order valence-electron chi connectivity index (χ3n) is 4.70. The summed E-state index contributed by atoms with van der Waals surface area (Å²) in [5.41, 5.74) is 0.948. The second-order valence-electron chi connectivity index (χ2n) is 6.88. The van der Waals surface area contributed by atoms with E-state index in [1.54, 1.807) is 7.05 Å². The summed E-state index contributed by atoms with van der Waals surface area (Å²) in [5.74, 6) is 3.19. The average molecular weight is 474 g/mol. The number of nitrogens with zero attached hydrogens (tertiary/aromatic N) is 2. The number of likely N-dealkylation sites (tertiary alicyclic amines) is 1. The summed E-state index contributed by atoms with van der Waals surface area (Å²) in [6.45, 7) is 8.08. The van der Waals surface area contributed by atoms with Crippen LogP contribution in [0.3, 0.4) is 0 Å². The van der Waals surface area contributed by atoms with Gasteiger partial charge >= 0.3 is 0 Å². The monoisotopic (exact) mass is 474 g/mol. The number of piperidine rings is 1. The van der Waals surface area contributed by atoms with Crippen molar-refractivity contribution in [1.82, 2.24) is 10.2 Å². The number of benzene rings is 1. The lowest BCUT2D eigenvalue weighted by atomic mass is 10.0. The Labute approximate surface area is 173 Å². The molecule has 2 heterocycles. The first kappa shape index (κ1) is 21.1. The average Bonchev–Trinajstić information content (AvgIpc) is 2.86. The van der Waals surface area contributed by atoms with E-state index in [2.05, 4.69) is 27.4 Å². The predicted octanol–water partition coefficient (Wildman–Crippen LogP) is 3.19. The molecule has 6 nitrogen and oxygen atoms in total. The summed E-state index contributed by atoms with van der Waals surface area (Å²) in [7, 11) is 1.79. The number of hydrogen-bond donors (Lipinski definition) is 2. The van der Waals surface area contributed by atoms with Crippen LogP contribution in [0, 0.1) is 5.92 Å². The SMILES string of the molecule is CN=C(NCCN1CCCC(C)C1)Nc1ccc2c(c1)OCCCO2.I. The molecule has 146 valence electrons. The molecule has 1 aromatic rings. The van der Waals surface area contributed by atoms with Crippen LogP contribution < -0.4 is 20.1 Å². The molecule has 1 unspecified atom stereocenters. The zero-order chi connectivity index (χ0) is 17.5. The van der Waals surface area contributed by atoms with Crippen molar-refractivity contribution in [3.8, 4) is 11.5 Å². The Bertz CT molecular complexity index is 597. The molecule has 7 heteroatoms. The van der Waals surface area contributed by atoms with Crippen molar-refractivity contribution in [1.29, 1.82) is 0 Å². The number of aliphatic imine (C=N–C) groups is 1. The summed E-state index contributed by atoms with van der Waals surface area (Å²) in [6.07, 6.45) is 3.58. The Balaban J connectivity index is 0.00000243. The maximum atomic E-state index is 5.74. The van der Waals surface area contributed by atoms with Crippen LogP contribution >= 0.6 is 24.0 Å². The molecule has 1 fully saturated rings. The van der Waals surface area contributed by atoms with E-state index in [1.165, 1.54) is 25.9 Å². The Morgan fingerprint density at radius 1 is 1.23 bits per heavy atom. The van der Waals surface area contributed by atoms with E-state index in [1.807, 2.05) is 18.2 Å². The molecule has 0 amide bonds. The molecular formula is C19H31IN4O2. The van der Waals surface area contributed by atoms with Crippen LogP contribution in [0.15, 0.2) is 23.2 Å². The number of hydrogen-bond acceptors (Lipinski definition) is 4. The minimum absolute atomic E-state index is 0. The van der Waals surface area contributed by atoms with E-state index in [0.29, 0.717) is 13.2 Å². The van der Waals surface area contributed by atoms with Crippen LogP contribution in [0.25, 0.3) is 0 Å². The molecule has 0 aromatic heterocycles. The van der Waals surface area contributed by atoms with Gasteiger partial charge in [-0.3, -0.25) is 4.99 Å². The first-order chi connectivity index (χ1) is 12.2. The van der Waals surface area contributed by atoms with E-state index >= 15 is 0 Å². The zero-order valence-electron chi connectivity index (χ0n) is 15.8. The Morgan fingerprint density at radius 3 is 2.81 bits per heavy atom. The summed E-state index contributed by atoms with van der Waals surface area (Å²) in [4.78, 5) is 6.85. The number of guanidine groups is 1. The Kier molecular flexibility index (Phi) is 8.77. The highest BCUT2D eigenvalue weighted by molar-refractivity contribution is 14.0. The second-order valence-corrected chi connectivity index (χ2v) is 6.88. The fraction of sp³-hybridized carbons (Fsp3) is 0.632. The van der Waals surface area contributed by atoms with Crippen molar-refractivity contribution < 1.29 is 9.47 Å². The molecule has 1 saturated heterocycles. The standard InChI is InChI=1S/C19H30N4O2.HI/c1-15-5-3-9-23(14-15)10-8-21-19(20-2)22-16-6-7-17-18(13-16)25-12-4-11-24-17;/h6-7,13,15H,3-5,8-12,14H2,1-2H3,(H2,20,21,22);1H. The van der Waals surface area contributed by atoms with Gasteiger partial charge in [0.05, 0.1) is 13.2 Å². The van der Waals surface area contributed by atoms with Crippen LogP contribution in [0.1, 0.15) is 26.2 Å². The molecule has 1 aromatic carbocycles. The van der Waals surface area contributed by atoms with Crippen molar-refractivity contribution in [3.63, 3.8) is 0 Å². The quantitative estimate of drug-likeness (QED) is 0.399. The van der Waals surface area contributed by atoms with Crippen LogP contribution in [0.4, 0.5) is 5.69 Å². The van der Waals surface area contributed by atoms with Crippen LogP contribution in [-0.2, 0) is 0 Å². The molecule has 2 aliphatic heterocycles. The molecule has 2 aliphatic rings. The largest absolute Gasteiger partial charge is 0.490 e. The van der Waals surface area contributed by atoms with E-state index in [9.17, 15) is 0 Å². The lowest BCUT2D eigenvalue weighted by Gasteiger charge is -2.30. The molecule has 0 spiro atoms. The van der Waals surface area contributed by atoms with E-state index in [0.717, 1.165) is 48.6 Å². The van der Waals surface area contributed by atoms with Crippen molar-refractivity contribution >= 4 is 35.6 Å². The highest BCUT2D eigenvalue weighted by atomic mass is 127. The van der Waals surface area contributed by atoms with Gasteiger partial charge in [0, 0.05) is 44.9 Å². The van der Waals surface area contributed by atoms with Crippen molar-refractivity contribution in [2.24, 2.45) is 10.9 Å². The zero-order valence-corrected chi connectivity index (χ0v) is 18.1. The molecule has 0 bridgehead atoms. The first-order valence-corrected chi connectivity index (χ1v) is 9.34. The van der Waals surface area contributed by atoms with E-state index in [-0.39, 0.29) is 24.0 Å². The van der Waals surface area contributed by atoms with Gasteiger partial charge in [-0.15, -0.1) is 24.0 Å². The van der Waals surface area contributed by atoms with Crippen molar-refractivity contribution in [3.05, 3.63) is 18.2 Å². The first-order valence-electron chi connectivity index (χ1n) is 9.34. The van der Waals surface area contributed by atoms with Crippen LogP contribution in [0.5, 0.6) is 11.5 Å². The number of nitrogens with one attached hydrogen (secondary N) is 2. The Hall–Kier alpha value is -1.22. The third-order valence-corrected chi connectivity index (χ3v) is 4.70. The molecule has 0 saturated carbocycles. The molecule has 1 atom stereocenters. The molecule has 26 heavy (non-hydrogen) atoms. The maximum Gasteiger partial charge on any atom is 0.195 e. The van der Waals surface area contributed by atoms with Gasteiger partial charge in [0.15, 0.2) is 17.5 Å².